The number of aromatic amines is 1. The van der Waals surface area contributed by atoms with Gasteiger partial charge in [-0.1, -0.05) is 0 Å². The molecule has 0 spiro atoms. The Balaban J connectivity index is 2.87. The maximum atomic E-state index is 12.3. The molecule has 0 aliphatic carbocycles. The second kappa shape index (κ2) is 8.05. The van der Waals surface area contributed by atoms with E-state index in [0.717, 1.165) is 12.1 Å². The van der Waals surface area contributed by atoms with Crippen LogP contribution in [0, 0.1) is 0 Å². The van der Waals surface area contributed by atoms with Gasteiger partial charge in [-0.25, -0.2) is 0 Å². The monoisotopic (exact) mass is 298 g/mol. The van der Waals surface area contributed by atoms with Gasteiger partial charge in [-0.15, -0.1) is 0 Å². The fourth-order valence-electron chi connectivity index (χ4n) is 1.68. The number of carbonyl (C=O) groups is 2. The van der Waals surface area contributed by atoms with E-state index in [0.29, 0.717) is 0 Å². The number of hydrogen-bond acceptors (Lipinski definition) is 6. The van der Waals surface area contributed by atoms with Crippen molar-refractivity contribution >= 4 is 11.9 Å². The van der Waals surface area contributed by atoms with Crippen molar-refractivity contribution in [2.24, 2.45) is 0 Å². The van der Waals surface area contributed by atoms with E-state index >= 15 is 0 Å². The molecule has 116 valence electrons. The number of aromatic hydroxyl groups is 1. The summed E-state index contributed by atoms with van der Waals surface area (Å²) in [6, 6.07) is 2.24. The van der Waals surface area contributed by atoms with Gasteiger partial charge >= 0.3 is 5.97 Å². The van der Waals surface area contributed by atoms with Crippen LogP contribution in [0.3, 0.4) is 0 Å². The fourth-order valence-corrected chi connectivity index (χ4v) is 1.68. The van der Waals surface area contributed by atoms with Gasteiger partial charge in [0.1, 0.15) is 0 Å². The van der Waals surface area contributed by atoms with E-state index in [1.165, 1.54) is 19.1 Å². The number of nitrogens with one attached hydrogen (secondary N) is 1. The number of hydrogen-bond donors (Lipinski definition) is 2. The van der Waals surface area contributed by atoms with Crippen LogP contribution in [0.4, 0.5) is 0 Å². The van der Waals surface area contributed by atoms with Gasteiger partial charge in [0.15, 0.2) is 5.88 Å². The van der Waals surface area contributed by atoms with Crippen LogP contribution < -0.4 is 5.56 Å². The van der Waals surface area contributed by atoms with Crippen LogP contribution in [0.2, 0.25) is 0 Å². The van der Waals surface area contributed by atoms with E-state index in [4.69, 9.17) is 4.74 Å². The zero-order chi connectivity index (χ0) is 15.8. The Morgan fingerprint density at radius 3 is 2.57 bits per heavy atom. The van der Waals surface area contributed by atoms with Gasteiger partial charge in [0.25, 0.3) is 11.5 Å². The summed E-state index contributed by atoms with van der Waals surface area (Å²) in [7, 11) is 2.75. The Bertz CT molecular complexity index is 554. The summed E-state index contributed by atoms with van der Waals surface area (Å²) in [6.45, 7) is 0.657. The van der Waals surface area contributed by atoms with Crippen LogP contribution >= 0.6 is 0 Å². The first-order valence-electron chi connectivity index (χ1n) is 6.26. The average molecular weight is 298 g/mol. The highest BCUT2D eigenvalue weighted by molar-refractivity contribution is 5.94. The van der Waals surface area contributed by atoms with Gasteiger partial charge in [0.2, 0.25) is 0 Å². The summed E-state index contributed by atoms with van der Waals surface area (Å²) in [5.74, 6) is -1.32. The molecule has 0 unspecified atom stereocenters. The van der Waals surface area contributed by atoms with Gasteiger partial charge in [-0.3, -0.25) is 19.4 Å². The molecule has 1 amide bonds. The van der Waals surface area contributed by atoms with Crippen LogP contribution in [-0.2, 0) is 14.3 Å². The van der Waals surface area contributed by atoms with Crippen LogP contribution in [0.25, 0.3) is 0 Å². The molecule has 1 aromatic heterocycles. The fraction of sp³-hybridized carbons (Fsp3) is 0.462. The van der Waals surface area contributed by atoms with Crippen molar-refractivity contribution in [2.45, 2.75) is 6.42 Å². The first-order chi connectivity index (χ1) is 9.97. The Kier molecular flexibility index (Phi) is 6.41. The molecule has 0 aliphatic heterocycles. The van der Waals surface area contributed by atoms with Crippen molar-refractivity contribution in [3.05, 3.63) is 28.0 Å². The molecule has 0 aromatic carbocycles. The first-order valence-corrected chi connectivity index (χ1v) is 6.26. The number of aromatic nitrogens is 1. The third-order valence-corrected chi connectivity index (χ3v) is 2.74. The number of methoxy groups -OCH3 is 2. The smallest absolute Gasteiger partial charge is 0.307 e. The Morgan fingerprint density at radius 1 is 1.29 bits per heavy atom. The number of esters is 1. The van der Waals surface area contributed by atoms with Crippen molar-refractivity contribution in [3.8, 4) is 5.88 Å². The summed E-state index contributed by atoms with van der Waals surface area (Å²) < 4.78 is 9.44. The predicted molar refractivity (Wildman–Crippen MR) is 73.1 cm³/mol. The molecule has 0 saturated heterocycles. The molecule has 8 heteroatoms. The van der Waals surface area contributed by atoms with Gasteiger partial charge in [-0.2, -0.15) is 0 Å². The summed E-state index contributed by atoms with van der Waals surface area (Å²) >= 11 is 0. The lowest BCUT2D eigenvalue weighted by atomic mass is 10.2. The molecule has 2 N–H and O–H groups in total. The predicted octanol–water partition coefficient (Wildman–Crippen LogP) is -0.268. The number of rotatable bonds is 7. The van der Waals surface area contributed by atoms with Crippen molar-refractivity contribution < 1.29 is 24.2 Å². The number of ether oxygens (including phenoxy) is 2. The standard InChI is InChI=1S/C13H18N2O6/c1-20-6-5-15(4-3-12(18)21-2)13(19)9-7-10(16)14-11(17)8-9/h7-8H,3-6H2,1-2H3,(H2,14,16,17). The molecule has 0 bridgehead atoms. The molecule has 0 radical (unpaired) electrons. The number of pyridine rings is 1. The molecule has 8 nitrogen and oxygen atoms in total. The average Bonchev–Trinajstić information content (AvgIpc) is 2.45. The van der Waals surface area contributed by atoms with Crippen molar-refractivity contribution in [1.29, 1.82) is 0 Å². The molecule has 0 atom stereocenters. The second-order valence-electron chi connectivity index (χ2n) is 4.23. The molecule has 21 heavy (non-hydrogen) atoms. The number of amides is 1. The minimum absolute atomic E-state index is 0.0289. The van der Waals surface area contributed by atoms with E-state index in [1.807, 2.05) is 0 Å². The second-order valence-corrected chi connectivity index (χ2v) is 4.23. The minimum Gasteiger partial charge on any atom is -0.494 e. The topological polar surface area (TPSA) is 109 Å². The summed E-state index contributed by atoms with van der Waals surface area (Å²) in [5, 5.41) is 9.33. The summed E-state index contributed by atoms with van der Waals surface area (Å²) in [4.78, 5) is 38.3. The highest BCUT2D eigenvalue weighted by Gasteiger charge is 2.18. The highest BCUT2D eigenvalue weighted by atomic mass is 16.5. The molecule has 1 heterocycles. The highest BCUT2D eigenvalue weighted by Crippen LogP contribution is 2.08. The molecule has 0 fully saturated rings. The quantitative estimate of drug-likeness (QED) is 0.671. The lowest BCUT2D eigenvalue weighted by Crippen LogP contribution is -2.36. The van der Waals surface area contributed by atoms with Crippen molar-refractivity contribution in [1.82, 2.24) is 9.88 Å². The third kappa shape index (κ3) is 5.27. The van der Waals surface area contributed by atoms with Crippen molar-refractivity contribution in [2.75, 3.05) is 33.9 Å². The molecule has 0 saturated carbocycles. The Labute approximate surface area is 121 Å². The number of nitrogens with zero attached hydrogens (tertiary/aromatic N) is 1. The van der Waals surface area contributed by atoms with Crippen LogP contribution in [0.15, 0.2) is 16.9 Å². The van der Waals surface area contributed by atoms with E-state index in [1.54, 1.807) is 0 Å². The molecule has 1 aromatic rings. The van der Waals surface area contributed by atoms with E-state index in [2.05, 4.69) is 9.72 Å². The number of carbonyl (C=O) groups excluding carboxylic acids is 2. The van der Waals surface area contributed by atoms with E-state index in [9.17, 15) is 19.5 Å². The Morgan fingerprint density at radius 2 is 2.00 bits per heavy atom. The lowest BCUT2D eigenvalue weighted by molar-refractivity contribution is -0.140. The lowest BCUT2D eigenvalue weighted by Gasteiger charge is -2.21. The minimum atomic E-state index is -0.585. The normalized spacial score (nSPS) is 10.2. The van der Waals surface area contributed by atoms with Crippen LogP contribution in [0.1, 0.15) is 16.8 Å². The molecule has 0 aliphatic rings. The van der Waals surface area contributed by atoms with Crippen LogP contribution in [-0.4, -0.2) is 60.8 Å². The van der Waals surface area contributed by atoms with Crippen molar-refractivity contribution in [3.63, 3.8) is 0 Å². The van der Waals surface area contributed by atoms with E-state index < -0.39 is 23.3 Å². The van der Waals surface area contributed by atoms with Crippen LogP contribution in [0.5, 0.6) is 5.88 Å². The van der Waals surface area contributed by atoms with E-state index in [-0.39, 0.29) is 31.7 Å². The Hall–Kier alpha value is -2.35. The maximum Gasteiger partial charge on any atom is 0.307 e. The molecular formula is C13H18N2O6. The summed E-state index contributed by atoms with van der Waals surface area (Å²) in [5.41, 5.74) is -0.546. The largest absolute Gasteiger partial charge is 0.494 e. The molecular weight excluding hydrogens is 280 g/mol. The SMILES string of the molecule is COCCN(CCC(=O)OC)C(=O)c1cc(O)[nH]c(=O)c1. The first kappa shape index (κ1) is 16.7. The van der Waals surface area contributed by atoms with Gasteiger partial charge in [0, 0.05) is 32.3 Å². The molecule has 1 rings (SSSR count). The van der Waals surface area contributed by atoms with Gasteiger partial charge in [0.05, 0.1) is 25.7 Å². The summed E-state index contributed by atoms with van der Waals surface area (Å²) in [6.07, 6.45) is 0.0289. The van der Waals surface area contributed by atoms with Gasteiger partial charge in [-0.05, 0) is 0 Å². The number of H-pyrrole nitrogens is 1. The zero-order valence-corrected chi connectivity index (χ0v) is 11.9. The third-order valence-electron chi connectivity index (χ3n) is 2.74. The zero-order valence-electron chi connectivity index (χ0n) is 11.9. The maximum absolute atomic E-state index is 12.3. The van der Waals surface area contributed by atoms with Gasteiger partial charge < -0.3 is 19.5 Å².